The van der Waals surface area contributed by atoms with Crippen molar-refractivity contribution in [1.82, 2.24) is 9.80 Å². The van der Waals surface area contributed by atoms with E-state index in [0.29, 0.717) is 12.3 Å². The smallest absolute Gasteiger partial charge is 0.103 e. The van der Waals surface area contributed by atoms with Crippen LogP contribution < -0.4 is 9.80 Å². The van der Waals surface area contributed by atoms with Gasteiger partial charge in [-0.15, -0.1) is 0 Å². The summed E-state index contributed by atoms with van der Waals surface area (Å²) in [6, 6.07) is 8.25. The lowest BCUT2D eigenvalue weighted by Crippen LogP contribution is -2.42. The van der Waals surface area contributed by atoms with E-state index >= 15 is 0 Å². The van der Waals surface area contributed by atoms with Crippen molar-refractivity contribution in [3.8, 4) is 0 Å². The minimum Gasteiger partial charge on any atom is -0.353 e. The molecule has 0 unspecified atom stereocenters. The average molecular weight is 393 g/mol. The van der Waals surface area contributed by atoms with Crippen LogP contribution in [0.4, 0.5) is 11.4 Å². The molecule has 0 radical (unpaired) electrons. The fourth-order valence-corrected chi connectivity index (χ4v) is 6.08. The van der Waals surface area contributed by atoms with Gasteiger partial charge in [0.15, 0.2) is 0 Å². The second-order valence-corrected chi connectivity index (χ2v) is 9.37. The highest BCUT2D eigenvalue weighted by Gasteiger charge is 2.34. The van der Waals surface area contributed by atoms with Gasteiger partial charge in [-0.3, -0.25) is 0 Å². The highest BCUT2D eigenvalue weighted by Crippen LogP contribution is 2.39. The van der Waals surface area contributed by atoms with E-state index < -0.39 is 0 Å². The molecule has 1 aromatic rings. The molecule has 4 nitrogen and oxygen atoms in total. The van der Waals surface area contributed by atoms with Gasteiger partial charge in [0.05, 0.1) is 0 Å². The lowest BCUT2D eigenvalue weighted by atomic mass is 10.1. The topological polar surface area (TPSA) is 13.0 Å². The maximum absolute atomic E-state index is 2.58. The summed E-state index contributed by atoms with van der Waals surface area (Å²) in [6.45, 7) is 7.00. The Morgan fingerprint density at radius 1 is 0.655 bits per heavy atom. The summed E-state index contributed by atoms with van der Waals surface area (Å²) in [5, 5.41) is 0. The molecule has 2 aliphatic carbocycles. The maximum atomic E-state index is 2.58. The summed E-state index contributed by atoms with van der Waals surface area (Å²) in [6.07, 6.45) is 20.9. The third kappa shape index (κ3) is 3.21. The first-order valence-electron chi connectivity index (χ1n) is 11.7. The van der Waals surface area contributed by atoms with E-state index in [0.717, 1.165) is 12.1 Å². The number of hydrogen-bond acceptors (Lipinski definition) is 4. The Labute approximate surface area is 176 Å². The van der Waals surface area contributed by atoms with Crippen molar-refractivity contribution >= 4 is 11.4 Å². The van der Waals surface area contributed by atoms with E-state index in [1.54, 1.807) is 0 Å². The molecule has 4 heteroatoms. The van der Waals surface area contributed by atoms with Crippen LogP contribution in [0.5, 0.6) is 0 Å². The lowest BCUT2D eigenvalue weighted by molar-refractivity contribution is 0.236. The van der Waals surface area contributed by atoms with Crippen LogP contribution in [0.2, 0.25) is 0 Å². The van der Waals surface area contributed by atoms with E-state index in [1.165, 1.54) is 68.3 Å². The highest BCUT2D eigenvalue weighted by molar-refractivity contribution is 5.70. The Hall–Kier alpha value is -2.10. The van der Waals surface area contributed by atoms with Crippen molar-refractivity contribution < 1.29 is 0 Å². The predicted molar refractivity (Wildman–Crippen MR) is 122 cm³/mol. The first-order valence-corrected chi connectivity index (χ1v) is 11.7. The summed E-state index contributed by atoms with van der Waals surface area (Å²) >= 11 is 0. The number of hydrogen-bond donors (Lipinski definition) is 0. The van der Waals surface area contributed by atoms with Crippen molar-refractivity contribution in [2.45, 2.75) is 96.6 Å². The van der Waals surface area contributed by atoms with E-state index in [2.05, 4.69) is 83.4 Å². The zero-order chi connectivity index (χ0) is 20.0. The molecule has 5 rings (SSSR count). The van der Waals surface area contributed by atoms with E-state index in [9.17, 15) is 0 Å². The quantitative estimate of drug-likeness (QED) is 0.646. The summed E-state index contributed by atoms with van der Waals surface area (Å²) in [7, 11) is 0. The molecule has 4 aliphatic rings. The molecule has 2 fully saturated rings. The number of benzene rings is 1. The van der Waals surface area contributed by atoms with Crippen LogP contribution in [0.15, 0.2) is 43.0 Å². The number of nitrogens with zero attached hydrogens (tertiary/aromatic N) is 4. The van der Waals surface area contributed by atoms with Gasteiger partial charge in [0.1, 0.15) is 12.3 Å². The van der Waals surface area contributed by atoms with Gasteiger partial charge in [-0.05, 0) is 64.2 Å². The van der Waals surface area contributed by atoms with E-state index in [-0.39, 0.29) is 0 Å². The van der Waals surface area contributed by atoms with Crippen LogP contribution in [0, 0.1) is 6.92 Å². The van der Waals surface area contributed by atoms with Gasteiger partial charge >= 0.3 is 0 Å². The largest absolute Gasteiger partial charge is 0.353 e. The van der Waals surface area contributed by atoms with Crippen LogP contribution >= 0.6 is 0 Å². The molecule has 0 saturated heterocycles. The standard InChI is InChI=1S/C25H36N4/c1-19-24(28-17-15-26(20(28)2)22-9-4-5-10-22)13-8-14-25(19)29-18-16-27(21(29)3)23-11-6-7-12-23/h8,13-18,20-23H,4-7,9-12H2,1-3H3/t20-,21+. The molecule has 0 bridgehead atoms. The molecule has 29 heavy (non-hydrogen) atoms. The maximum Gasteiger partial charge on any atom is 0.103 e. The average Bonchev–Trinajstić information content (AvgIpc) is 3.49. The van der Waals surface area contributed by atoms with Crippen molar-refractivity contribution in [3.63, 3.8) is 0 Å². The third-order valence-corrected chi connectivity index (χ3v) is 7.79. The minimum absolute atomic E-state index is 0.397. The summed E-state index contributed by atoms with van der Waals surface area (Å²) in [4.78, 5) is 10.1. The summed E-state index contributed by atoms with van der Waals surface area (Å²) < 4.78 is 0. The molecule has 2 atom stereocenters. The molecule has 1 aromatic carbocycles. The molecule has 2 saturated carbocycles. The second kappa shape index (κ2) is 7.62. The van der Waals surface area contributed by atoms with Crippen LogP contribution in [-0.4, -0.2) is 34.2 Å². The predicted octanol–water partition coefficient (Wildman–Crippen LogP) is 5.76. The molecule has 0 N–H and O–H groups in total. The van der Waals surface area contributed by atoms with Gasteiger partial charge in [-0.1, -0.05) is 31.7 Å². The molecule has 0 amide bonds. The first-order chi connectivity index (χ1) is 14.1. The van der Waals surface area contributed by atoms with Crippen molar-refractivity contribution in [2.75, 3.05) is 9.80 Å². The SMILES string of the molecule is Cc1c(N2C=CN(C3CCCC3)[C@@H]2C)cccc1N1C=CN(C2CCCC2)[C@H]1C. The van der Waals surface area contributed by atoms with Crippen molar-refractivity contribution in [1.29, 1.82) is 0 Å². The molecular weight excluding hydrogens is 356 g/mol. The van der Waals surface area contributed by atoms with Gasteiger partial charge in [-0.2, -0.15) is 0 Å². The Morgan fingerprint density at radius 2 is 1.07 bits per heavy atom. The Kier molecular flexibility index (Phi) is 4.97. The van der Waals surface area contributed by atoms with Gasteiger partial charge in [-0.25, -0.2) is 0 Å². The molecule has 0 spiro atoms. The zero-order valence-corrected chi connectivity index (χ0v) is 18.3. The van der Waals surface area contributed by atoms with Crippen molar-refractivity contribution in [3.05, 3.63) is 48.6 Å². The molecular formula is C25H36N4. The van der Waals surface area contributed by atoms with Crippen LogP contribution in [-0.2, 0) is 0 Å². The number of anilines is 2. The molecule has 2 aliphatic heterocycles. The van der Waals surface area contributed by atoms with Crippen LogP contribution in [0.3, 0.4) is 0 Å². The second-order valence-electron chi connectivity index (χ2n) is 9.37. The minimum atomic E-state index is 0.397. The van der Waals surface area contributed by atoms with Gasteiger partial charge < -0.3 is 19.6 Å². The lowest BCUT2D eigenvalue weighted by Gasteiger charge is -2.37. The zero-order valence-electron chi connectivity index (χ0n) is 18.3. The van der Waals surface area contributed by atoms with E-state index in [4.69, 9.17) is 0 Å². The number of rotatable bonds is 4. The van der Waals surface area contributed by atoms with Gasteiger partial charge in [0.25, 0.3) is 0 Å². The third-order valence-electron chi connectivity index (χ3n) is 7.79. The van der Waals surface area contributed by atoms with Gasteiger partial charge in [0, 0.05) is 48.3 Å². The molecule has 2 heterocycles. The summed E-state index contributed by atoms with van der Waals surface area (Å²) in [5.41, 5.74) is 4.06. The molecule has 0 aromatic heterocycles. The summed E-state index contributed by atoms with van der Waals surface area (Å²) in [5.74, 6) is 0. The highest BCUT2D eigenvalue weighted by atomic mass is 15.4. The van der Waals surface area contributed by atoms with Crippen LogP contribution in [0.25, 0.3) is 0 Å². The monoisotopic (exact) mass is 392 g/mol. The first kappa shape index (κ1) is 18.9. The Balaban J connectivity index is 1.37. The van der Waals surface area contributed by atoms with Crippen molar-refractivity contribution in [2.24, 2.45) is 0 Å². The normalized spacial score (nSPS) is 28.0. The fourth-order valence-electron chi connectivity index (χ4n) is 6.08. The Morgan fingerprint density at radius 3 is 1.48 bits per heavy atom. The van der Waals surface area contributed by atoms with Gasteiger partial charge in [0.2, 0.25) is 0 Å². The fraction of sp³-hybridized carbons (Fsp3) is 0.600. The van der Waals surface area contributed by atoms with E-state index in [1.807, 2.05) is 0 Å². The van der Waals surface area contributed by atoms with Crippen LogP contribution in [0.1, 0.15) is 70.8 Å². The Bertz CT molecular complexity index is 726. The molecule has 156 valence electrons.